The highest BCUT2D eigenvalue weighted by molar-refractivity contribution is 6.44. The maximum absolute atomic E-state index is 11.5. The number of pyridine rings is 1. The molecule has 0 aromatic carbocycles. The smallest absolute Gasteiger partial charge is 0.251 e. The van der Waals surface area contributed by atoms with Gasteiger partial charge in [0.05, 0.1) is 0 Å². The molecule has 82 valence electrons. The molecule has 3 nitrogen and oxygen atoms in total. The van der Waals surface area contributed by atoms with Crippen LogP contribution in [0.25, 0.3) is 0 Å². The van der Waals surface area contributed by atoms with Gasteiger partial charge < -0.3 is 5.32 Å². The summed E-state index contributed by atoms with van der Waals surface area (Å²) in [4.78, 5) is 14.9. The van der Waals surface area contributed by atoms with E-state index < -0.39 is 4.84 Å². The van der Waals surface area contributed by atoms with E-state index in [0.717, 1.165) is 0 Å². The second kappa shape index (κ2) is 5.54. The van der Waals surface area contributed by atoms with Crippen LogP contribution in [0.3, 0.4) is 0 Å². The van der Waals surface area contributed by atoms with Gasteiger partial charge in [-0.1, -0.05) is 11.6 Å². The summed E-state index contributed by atoms with van der Waals surface area (Å²) in [6.45, 7) is 1.95. The van der Waals surface area contributed by atoms with E-state index in [9.17, 15) is 4.79 Å². The molecule has 0 fully saturated rings. The van der Waals surface area contributed by atoms with Crippen LogP contribution in [0.15, 0.2) is 12.1 Å². The SMILES string of the molecule is Cc1cc(C(=O)NCC(Cl)Cl)cc(Cl)n1. The second-order valence-corrected chi connectivity index (χ2v) is 4.59. The molecule has 1 N–H and O–H groups in total. The van der Waals surface area contributed by atoms with Gasteiger partial charge in [-0.3, -0.25) is 4.79 Å². The van der Waals surface area contributed by atoms with Gasteiger partial charge in [0.15, 0.2) is 0 Å². The number of rotatable bonds is 3. The molecule has 0 bridgehead atoms. The average Bonchev–Trinajstić information content (AvgIpc) is 2.12. The van der Waals surface area contributed by atoms with Crippen molar-refractivity contribution in [2.24, 2.45) is 0 Å². The van der Waals surface area contributed by atoms with Crippen molar-refractivity contribution in [3.05, 3.63) is 28.5 Å². The molecule has 0 radical (unpaired) electrons. The maximum atomic E-state index is 11.5. The van der Waals surface area contributed by atoms with Crippen molar-refractivity contribution >= 4 is 40.7 Å². The first kappa shape index (κ1) is 12.6. The van der Waals surface area contributed by atoms with Crippen molar-refractivity contribution in [1.82, 2.24) is 10.3 Å². The van der Waals surface area contributed by atoms with Gasteiger partial charge in [0.1, 0.15) is 9.99 Å². The van der Waals surface area contributed by atoms with E-state index in [1.54, 1.807) is 13.0 Å². The maximum Gasteiger partial charge on any atom is 0.251 e. The Bertz CT molecular complexity index is 348. The van der Waals surface area contributed by atoms with Crippen LogP contribution < -0.4 is 5.32 Å². The third-order valence-electron chi connectivity index (χ3n) is 1.60. The Morgan fingerprint density at radius 1 is 1.53 bits per heavy atom. The zero-order chi connectivity index (χ0) is 11.4. The van der Waals surface area contributed by atoms with Crippen LogP contribution in [0.4, 0.5) is 0 Å². The standard InChI is InChI=1S/C9H9Cl3N2O/c1-5-2-6(3-8(12)14-5)9(15)13-4-7(10)11/h2-3,7H,4H2,1H3,(H,13,15). The molecule has 0 saturated heterocycles. The number of hydrogen-bond acceptors (Lipinski definition) is 2. The van der Waals surface area contributed by atoms with E-state index in [0.29, 0.717) is 11.3 Å². The van der Waals surface area contributed by atoms with Crippen molar-refractivity contribution in [2.45, 2.75) is 11.8 Å². The van der Waals surface area contributed by atoms with Crippen molar-refractivity contribution < 1.29 is 4.79 Å². The van der Waals surface area contributed by atoms with E-state index in [4.69, 9.17) is 34.8 Å². The van der Waals surface area contributed by atoms with Gasteiger partial charge in [0.2, 0.25) is 0 Å². The molecular weight excluding hydrogens is 258 g/mol. The molecule has 1 aromatic rings. The molecule has 0 atom stereocenters. The number of nitrogens with one attached hydrogen (secondary N) is 1. The number of nitrogens with zero attached hydrogens (tertiary/aromatic N) is 1. The first-order valence-electron chi connectivity index (χ1n) is 4.19. The first-order valence-corrected chi connectivity index (χ1v) is 5.44. The molecule has 0 aliphatic heterocycles. The lowest BCUT2D eigenvalue weighted by molar-refractivity contribution is 0.0955. The minimum Gasteiger partial charge on any atom is -0.349 e. The summed E-state index contributed by atoms with van der Waals surface area (Å²) in [6, 6.07) is 3.13. The van der Waals surface area contributed by atoms with E-state index >= 15 is 0 Å². The normalized spacial score (nSPS) is 10.5. The highest BCUT2D eigenvalue weighted by Gasteiger charge is 2.08. The van der Waals surface area contributed by atoms with Gasteiger partial charge >= 0.3 is 0 Å². The number of aryl methyl sites for hydroxylation is 1. The molecule has 0 aliphatic carbocycles. The zero-order valence-electron chi connectivity index (χ0n) is 7.93. The van der Waals surface area contributed by atoms with Gasteiger partial charge in [0, 0.05) is 17.8 Å². The number of carbonyl (C=O) groups is 1. The van der Waals surface area contributed by atoms with Gasteiger partial charge in [-0.15, -0.1) is 23.2 Å². The molecule has 1 amide bonds. The summed E-state index contributed by atoms with van der Waals surface area (Å²) in [6.07, 6.45) is 0. The summed E-state index contributed by atoms with van der Waals surface area (Å²) >= 11 is 16.7. The molecular formula is C9H9Cl3N2O. The fraction of sp³-hybridized carbons (Fsp3) is 0.333. The molecule has 0 unspecified atom stereocenters. The number of halogens is 3. The third kappa shape index (κ3) is 4.24. The van der Waals surface area contributed by atoms with E-state index in [1.165, 1.54) is 6.07 Å². The number of alkyl halides is 2. The number of aromatic nitrogens is 1. The van der Waals surface area contributed by atoms with Crippen molar-refractivity contribution in [2.75, 3.05) is 6.54 Å². The summed E-state index contributed by atoms with van der Waals surface area (Å²) < 4.78 is 0. The van der Waals surface area contributed by atoms with Crippen molar-refractivity contribution in [1.29, 1.82) is 0 Å². The van der Waals surface area contributed by atoms with Crippen LogP contribution in [0, 0.1) is 6.92 Å². The minimum atomic E-state index is -0.618. The van der Waals surface area contributed by atoms with E-state index in [-0.39, 0.29) is 17.6 Å². The second-order valence-electron chi connectivity index (χ2n) is 2.92. The molecule has 15 heavy (non-hydrogen) atoms. The minimum absolute atomic E-state index is 0.195. The average molecular weight is 268 g/mol. The largest absolute Gasteiger partial charge is 0.349 e. The van der Waals surface area contributed by atoms with Crippen LogP contribution in [0.2, 0.25) is 5.15 Å². The van der Waals surface area contributed by atoms with Crippen molar-refractivity contribution in [3.63, 3.8) is 0 Å². The molecule has 0 spiro atoms. The number of carbonyl (C=O) groups excluding carboxylic acids is 1. The Morgan fingerprint density at radius 2 is 2.20 bits per heavy atom. The van der Waals surface area contributed by atoms with Gasteiger partial charge in [-0.2, -0.15) is 0 Å². The van der Waals surface area contributed by atoms with E-state index in [1.807, 2.05) is 0 Å². The molecule has 1 rings (SSSR count). The first-order chi connectivity index (χ1) is 6.99. The highest BCUT2D eigenvalue weighted by Crippen LogP contribution is 2.10. The van der Waals surface area contributed by atoms with Crippen LogP contribution in [-0.4, -0.2) is 22.3 Å². The Balaban J connectivity index is 2.73. The molecule has 1 aromatic heterocycles. The van der Waals surface area contributed by atoms with Crippen LogP contribution in [-0.2, 0) is 0 Å². The van der Waals surface area contributed by atoms with Gasteiger partial charge in [0.25, 0.3) is 5.91 Å². The third-order valence-corrected chi connectivity index (χ3v) is 2.10. The number of amides is 1. The van der Waals surface area contributed by atoms with Crippen molar-refractivity contribution in [3.8, 4) is 0 Å². The molecule has 0 saturated carbocycles. The monoisotopic (exact) mass is 266 g/mol. The van der Waals surface area contributed by atoms with Gasteiger partial charge in [-0.25, -0.2) is 4.98 Å². The summed E-state index contributed by atoms with van der Waals surface area (Å²) in [5, 5.41) is 2.85. The van der Waals surface area contributed by atoms with Gasteiger partial charge in [-0.05, 0) is 19.1 Å². The Morgan fingerprint density at radius 3 is 2.73 bits per heavy atom. The van der Waals surface area contributed by atoms with Crippen LogP contribution in [0.1, 0.15) is 16.1 Å². The molecule has 0 aliphatic rings. The lowest BCUT2D eigenvalue weighted by Gasteiger charge is -2.06. The topological polar surface area (TPSA) is 42.0 Å². The summed E-state index contributed by atoms with van der Waals surface area (Å²) in [5.41, 5.74) is 1.13. The van der Waals surface area contributed by atoms with E-state index in [2.05, 4.69) is 10.3 Å². The quantitative estimate of drug-likeness (QED) is 0.675. The lowest BCUT2D eigenvalue weighted by atomic mass is 10.2. The predicted molar refractivity (Wildman–Crippen MR) is 61.8 cm³/mol. The Hall–Kier alpha value is -0.510. The molecule has 1 heterocycles. The highest BCUT2D eigenvalue weighted by atomic mass is 35.5. The Labute approximate surface area is 103 Å². The summed E-state index contributed by atoms with van der Waals surface area (Å²) in [5.74, 6) is -0.270. The number of hydrogen-bond donors (Lipinski definition) is 1. The Kier molecular flexibility index (Phi) is 4.64. The lowest BCUT2D eigenvalue weighted by Crippen LogP contribution is -2.27. The summed E-state index contributed by atoms with van der Waals surface area (Å²) in [7, 11) is 0. The van der Waals surface area contributed by atoms with Crippen LogP contribution in [0.5, 0.6) is 0 Å². The molecule has 6 heteroatoms. The fourth-order valence-corrected chi connectivity index (χ4v) is 1.44. The predicted octanol–water partition coefficient (Wildman–Crippen LogP) is 2.58. The van der Waals surface area contributed by atoms with Crippen LogP contribution >= 0.6 is 34.8 Å². The fourth-order valence-electron chi connectivity index (χ4n) is 1.03. The zero-order valence-corrected chi connectivity index (χ0v) is 10.2.